The van der Waals surface area contributed by atoms with Crippen molar-refractivity contribution >= 4 is 43.0 Å². The summed E-state index contributed by atoms with van der Waals surface area (Å²) in [6, 6.07) is 8.40. The minimum Gasteiger partial charge on any atom is -0.461 e. The molecule has 0 aliphatic heterocycles. The van der Waals surface area contributed by atoms with E-state index < -0.39 is 32.1 Å². The molecule has 3 rings (SSSR count). The van der Waals surface area contributed by atoms with Gasteiger partial charge in [0.15, 0.2) is 8.32 Å². The Bertz CT molecular complexity index is 1520. The van der Waals surface area contributed by atoms with Crippen molar-refractivity contribution < 1.29 is 22.9 Å². The van der Waals surface area contributed by atoms with E-state index in [1.807, 2.05) is 29.8 Å². The summed E-state index contributed by atoms with van der Waals surface area (Å²) < 4.78 is 40.9. The van der Waals surface area contributed by atoms with Gasteiger partial charge < -0.3 is 18.5 Å². The Balaban J connectivity index is 2.02. The van der Waals surface area contributed by atoms with Gasteiger partial charge in [0.05, 0.1) is 41.3 Å². The van der Waals surface area contributed by atoms with E-state index in [0.29, 0.717) is 41.1 Å². The van der Waals surface area contributed by atoms with E-state index in [4.69, 9.17) is 18.3 Å². The van der Waals surface area contributed by atoms with Crippen LogP contribution >= 0.6 is 0 Å². The number of hydrogen-bond donors (Lipinski definition) is 0. The highest BCUT2D eigenvalue weighted by atomic mass is 32.2. The Kier molecular flexibility index (Phi) is 10.7. The van der Waals surface area contributed by atoms with E-state index >= 15 is 4.21 Å². The molecular weight excluding hydrogens is 585 g/mol. The van der Waals surface area contributed by atoms with E-state index in [0.717, 1.165) is 16.9 Å². The lowest BCUT2D eigenvalue weighted by molar-refractivity contribution is 0.0515. The van der Waals surface area contributed by atoms with Crippen molar-refractivity contribution in [3.63, 3.8) is 0 Å². The molecule has 2 heterocycles. The van der Waals surface area contributed by atoms with E-state index in [1.165, 1.54) is 0 Å². The predicted octanol–water partition coefficient (Wildman–Crippen LogP) is 7.08. The van der Waals surface area contributed by atoms with Gasteiger partial charge in [-0.1, -0.05) is 40.4 Å². The highest BCUT2D eigenvalue weighted by Gasteiger charge is 2.37. The SMILES string of the molecule is CCOC(=O)c1cc(S(=O)(=NCCO[Si](C)(C)C(C)(C)C)c2ccc3c(cnn3COCC[Si](C)(C)C)c2)c(C)n1C. The summed E-state index contributed by atoms with van der Waals surface area (Å²) in [6.45, 7) is 23.5. The number of rotatable bonds is 13. The number of carbonyl (C=O) groups is 1. The van der Waals surface area contributed by atoms with Gasteiger partial charge in [-0.15, -0.1) is 0 Å². The van der Waals surface area contributed by atoms with Crippen LogP contribution in [0.2, 0.25) is 43.8 Å². The summed E-state index contributed by atoms with van der Waals surface area (Å²) in [5.74, 6) is -0.455. The largest absolute Gasteiger partial charge is 0.461 e. The second-order valence-corrected chi connectivity index (χ2v) is 26.1. The van der Waals surface area contributed by atoms with Crippen LogP contribution in [0.1, 0.15) is 43.9 Å². The molecule has 12 heteroatoms. The molecule has 0 saturated heterocycles. The first-order chi connectivity index (χ1) is 19.4. The fourth-order valence-corrected chi connectivity index (χ4v) is 8.19. The summed E-state index contributed by atoms with van der Waals surface area (Å²) in [5, 5.41) is 5.44. The standard InChI is InChI=1S/C30H50N4O5SSi2/c1-12-38-29(35)27-20-28(23(2)33(27)6)40(36,32-15-16-39-42(10,11)30(3,4)5)25-13-14-26-24(19-25)21-31-34(26)22-37-17-18-41(7,8)9/h13-14,19-21H,12,15-18,22H2,1-11H3. The van der Waals surface area contributed by atoms with Crippen LogP contribution in [0.25, 0.3) is 10.9 Å². The lowest BCUT2D eigenvalue weighted by atomic mass is 10.2. The lowest BCUT2D eigenvalue weighted by Crippen LogP contribution is -2.41. The van der Waals surface area contributed by atoms with Gasteiger partial charge in [-0.25, -0.2) is 18.0 Å². The van der Waals surface area contributed by atoms with Crippen LogP contribution in [-0.4, -0.2) is 67.3 Å². The summed E-state index contributed by atoms with van der Waals surface area (Å²) >= 11 is 0. The van der Waals surface area contributed by atoms with Crippen molar-refractivity contribution in [2.24, 2.45) is 11.4 Å². The third-order valence-electron chi connectivity index (χ3n) is 8.05. The van der Waals surface area contributed by atoms with Crippen molar-refractivity contribution in [3.8, 4) is 0 Å². The van der Waals surface area contributed by atoms with Gasteiger partial charge in [0, 0.05) is 32.8 Å². The van der Waals surface area contributed by atoms with Gasteiger partial charge in [0.2, 0.25) is 0 Å². The zero-order chi connectivity index (χ0) is 31.5. The fourth-order valence-electron chi connectivity index (χ4n) is 4.18. The van der Waals surface area contributed by atoms with E-state index in [2.05, 4.69) is 58.6 Å². The minimum atomic E-state index is -3.13. The number of fused-ring (bicyclic) bond motifs is 1. The van der Waals surface area contributed by atoms with Crippen molar-refractivity contribution in [2.45, 2.75) is 95.0 Å². The predicted molar refractivity (Wildman–Crippen MR) is 175 cm³/mol. The second kappa shape index (κ2) is 13.2. The summed E-state index contributed by atoms with van der Waals surface area (Å²) in [5.41, 5.74) is 1.93. The molecule has 0 N–H and O–H groups in total. The molecule has 9 nitrogen and oxygen atoms in total. The molecule has 0 bridgehead atoms. The zero-order valence-corrected chi connectivity index (χ0v) is 30.2. The topological polar surface area (TPSA) is 96.9 Å². The van der Waals surface area contributed by atoms with Crippen LogP contribution in [0.4, 0.5) is 0 Å². The normalized spacial score (nSPS) is 14.3. The average Bonchev–Trinajstić information content (AvgIpc) is 3.43. The Morgan fingerprint density at radius 2 is 1.79 bits per heavy atom. The van der Waals surface area contributed by atoms with Crippen molar-refractivity contribution in [1.82, 2.24) is 14.3 Å². The Hall–Kier alpha value is -2.26. The molecule has 0 radical (unpaired) electrons. The third-order valence-corrected chi connectivity index (χ3v) is 16.7. The van der Waals surface area contributed by atoms with Gasteiger partial charge in [-0.2, -0.15) is 5.10 Å². The number of benzene rings is 1. The Morgan fingerprint density at radius 1 is 1.10 bits per heavy atom. The first kappa shape index (κ1) is 34.2. The van der Waals surface area contributed by atoms with Crippen molar-refractivity contribution in [2.75, 3.05) is 26.4 Å². The molecular formula is C30H50N4O5SSi2. The number of carbonyl (C=O) groups excluding carboxylic acids is 1. The second-order valence-electron chi connectivity index (χ2n) is 13.5. The van der Waals surface area contributed by atoms with Crippen molar-refractivity contribution in [3.05, 3.63) is 41.9 Å². The maximum atomic E-state index is 15.0. The highest BCUT2D eigenvalue weighted by molar-refractivity contribution is 7.93. The molecule has 1 unspecified atom stereocenters. The monoisotopic (exact) mass is 634 g/mol. The number of esters is 1. The van der Waals surface area contributed by atoms with Gasteiger partial charge >= 0.3 is 5.97 Å². The average molecular weight is 635 g/mol. The van der Waals surface area contributed by atoms with Crippen LogP contribution in [0.3, 0.4) is 0 Å². The molecule has 1 aromatic carbocycles. The number of hydrogen-bond acceptors (Lipinski definition) is 7. The molecule has 0 aliphatic rings. The van der Waals surface area contributed by atoms with Crippen LogP contribution in [0.5, 0.6) is 0 Å². The van der Waals surface area contributed by atoms with Crippen LogP contribution in [0, 0.1) is 6.92 Å². The van der Waals surface area contributed by atoms with Crippen LogP contribution < -0.4 is 0 Å². The third kappa shape index (κ3) is 7.82. The molecule has 0 fully saturated rings. The first-order valence-electron chi connectivity index (χ1n) is 14.6. The summed E-state index contributed by atoms with van der Waals surface area (Å²) in [4.78, 5) is 13.8. The number of ether oxygens (including phenoxy) is 2. The molecule has 0 amide bonds. The van der Waals surface area contributed by atoms with Crippen molar-refractivity contribution in [1.29, 1.82) is 0 Å². The maximum absolute atomic E-state index is 15.0. The van der Waals surface area contributed by atoms with Crippen LogP contribution in [0.15, 0.2) is 44.6 Å². The first-order valence-corrected chi connectivity index (χ1v) is 22.8. The number of nitrogens with zero attached hydrogens (tertiary/aromatic N) is 4. The quantitative estimate of drug-likeness (QED) is 0.113. The molecule has 0 aliphatic carbocycles. The van der Waals surface area contributed by atoms with E-state index in [-0.39, 0.29) is 18.2 Å². The fraction of sp³-hybridized carbons (Fsp3) is 0.600. The zero-order valence-electron chi connectivity index (χ0n) is 27.4. The Morgan fingerprint density at radius 3 is 2.40 bits per heavy atom. The molecule has 234 valence electrons. The van der Waals surface area contributed by atoms with Crippen LogP contribution in [-0.2, 0) is 37.4 Å². The molecule has 42 heavy (non-hydrogen) atoms. The summed E-state index contributed by atoms with van der Waals surface area (Å²) in [7, 11) is -4.53. The molecule has 1 atom stereocenters. The van der Waals surface area contributed by atoms with E-state index in [1.54, 1.807) is 30.8 Å². The molecule has 0 spiro atoms. The lowest BCUT2D eigenvalue weighted by Gasteiger charge is -2.36. The van der Waals surface area contributed by atoms with Gasteiger partial charge in [-0.05, 0) is 62.3 Å². The Labute approximate surface area is 254 Å². The minimum absolute atomic E-state index is 0.0581. The van der Waals surface area contributed by atoms with Gasteiger partial charge in [-0.3, -0.25) is 0 Å². The molecule has 2 aromatic heterocycles. The smallest absolute Gasteiger partial charge is 0.354 e. The summed E-state index contributed by atoms with van der Waals surface area (Å²) in [6.07, 6.45) is 1.77. The molecule has 3 aromatic rings. The number of aromatic nitrogens is 3. The maximum Gasteiger partial charge on any atom is 0.354 e. The highest BCUT2D eigenvalue weighted by Crippen LogP contribution is 2.36. The van der Waals surface area contributed by atoms with Gasteiger partial charge in [0.25, 0.3) is 0 Å². The molecule has 0 saturated carbocycles. The van der Waals surface area contributed by atoms with E-state index in [9.17, 15) is 4.79 Å². The van der Waals surface area contributed by atoms with Gasteiger partial charge in [0.1, 0.15) is 22.2 Å².